The van der Waals surface area contributed by atoms with Crippen LogP contribution in [0.3, 0.4) is 0 Å². The van der Waals surface area contributed by atoms with Crippen LogP contribution in [0.2, 0.25) is 0 Å². The highest BCUT2D eigenvalue weighted by molar-refractivity contribution is 5.95. The summed E-state index contributed by atoms with van der Waals surface area (Å²) in [5, 5.41) is 3.88. The molecule has 2 aromatic heterocycles. The minimum atomic E-state index is -0.674. The summed E-state index contributed by atoms with van der Waals surface area (Å²) in [7, 11) is 2.46. The molecule has 0 atom stereocenters. The second-order valence-corrected chi connectivity index (χ2v) is 3.63. The highest BCUT2D eigenvalue weighted by Crippen LogP contribution is 2.15. The van der Waals surface area contributed by atoms with Crippen LogP contribution < -0.4 is 5.73 Å². The molecule has 0 aromatic carbocycles. The molecule has 9 nitrogen and oxygen atoms in total. The third kappa shape index (κ3) is 2.41. The Morgan fingerprint density at radius 1 is 1.20 bits per heavy atom. The number of nitrogens with two attached hydrogens (primary N) is 1. The first-order valence-corrected chi connectivity index (χ1v) is 5.41. The Morgan fingerprint density at radius 2 is 1.90 bits per heavy atom. The van der Waals surface area contributed by atoms with E-state index < -0.39 is 11.9 Å². The van der Waals surface area contributed by atoms with Gasteiger partial charge in [0.2, 0.25) is 0 Å². The van der Waals surface area contributed by atoms with Crippen molar-refractivity contribution in [2.75, 3.05) is 20.0 Å². The zero-order valence-electron chi connectivity index (χ0n) is 10.7. The first-order valence-electron chi connectivity index (χ1n) is 5.41. The number of esters is 2. The molecule has 0 aliphatic heterocycles. The monoisotopic (exact) mass is 277 g/mol. The molecule has 0 amide bonds. The van der Waals surface area contributed by atoms with Gasteiger partial charge in [0.05, 0.1) is 31.7 Å². The summed E-state index contributed by atoms with van der Waals surface area (Å²) in [6, 6.07) is 1.39. The van der Waals surface area contributed by atoms with Gasteiger partial charge in [0.25, 0.3) is 5.82 Å². The van der Waals surface area contributed by atoms with Gasteiger partial charge >= 0.3 is 11.9 Å². The number of nitrogen functional groups attached to an aromatic ring is 1. The first kappa shape index (κ1) is 13.5. The largest absolute Gasteiger partial charge is 0.465 e. The highest BCUT2D eigenvalue weighted by atomic mass is 16.5. The molecule has 9 heteroatoms. The molecule has 2 N–H and O–H groups in total. The van der Waals surface area contributed by atoms with Crippen LogP contribution >= 0.6 is 0 Å². The number of carbonyl (C=O) groups is 2. The molecule has 0 spiro atoms. The van der Waals surface area contributed by atoms with Crippen LogP contribution in [-0.2, 0) is 9.47 Å². The minimum absolute atomic E-state index is 0.120. The molecule has 0 unspecified atom stereocenters. The Kier molecular flexibility index (Phi) is 3.60. The van der Waals surface area contributed by atoms with Gasteiger partial charge < -0.3 is 15.2 Å². The average Bonchev–Trinajstić information content (AvgIpc) is 2.96. The molecule has 2 aromatic rings. The van der Waals surface area contributed by atoms with Gasteiger partial charge in [0, 0.05) is 0 Å². The van der Waals surface area contributed by atoms with Gasteiger partial charge in [-0.2, -0.15) is 0 Å². The highest BCUT2D eigenvalue weighted by Gasteiger charge is 2.15. The molecule has 104 valence electrons. The Balaban J connectivity index is 2.40. The van der Waals surface area contributed by atoms with Crippen molar-refractivity contribution in [2.45, 2.75) is 0 Å². The lowest BCUT2D eigenvalue weighted by atomic mass is 10.2. The topological polar surface area (TPSA) is 122 Å². The maximum absolute atomic E-state index is 11.5. The minimum Gasteiger partial charge on any atom is -0.465 e. The number of hydrogen-bond acceptors (Lipinski definition) is 8. The summed E-state index contributed by atoms with van der Waals surface area (Å²) >= 11 is 0. The second-order valence-electron chi connectivity index (χ2n) is 3.63. The van der Waals surface area contributed by atoms with E-state index >= 15 is 0 Å². The third-order valence-electron chi connectivity index (χ3n) is 2.42. The van der Waals surface area contributed by atoms with E-state index in [9.17, 15) is 9.59 Å². The van der Waals surface area contributed by atoms with Gasteiger partial charge in [0.15, 0.2) is 5.82 Å². The summed E-state index contributed by atoms with van der Waals surface area (Å²) in [6.45, 7) is 0. The van der Waals surface area contributed by atoms with Crippen LogP contribution in [0.15, 0.2) is 18.6 Å². The molecule has 20 heavy (non-hydrogen) atoms. The van der Waals surface area contributed by atoms with Crippen molar-refractivity contribution in [3.05, 3.63) is 30.0 Å². The van der Waals surface area contributed by atoms with E-state index in [1.807, 2.05) is 0 Å². The van der Waals surface area contributed by atoms with E-state index in [0.29, 0.717) is 0 Å². The first-order chi connectivity index (χ1) is 9.56. The maximum Gasteiger partial charge on any atom is 0.377 e. The predicted molar refractivity (Wildman–Crippen MR) is 66.2 cm³/mol. The van der Waals surface area contributed by atoms with Gasteiger partial charge in [-0.15, -0.1) is 5.10 Å². The van der Waals surface area contributed by atoms with Gasteiger partial charge in [-0.25, -0.2) is 24.2 Å². The van der Waals surface area contributed by atoms with Crippen LogP contribution in [0.25, 0.3) is 5.82 Å². The Hall–Kier alpha value is -2.97. The number of rotatable bonds is 3. The summed E-state index contributed by atoms with van der Waals surface area (Å²) in [4.78, 5) is 30.6. The van der Waals surface area contributed by atoms with Gasteiger partial charge in [0.1, 0.15) is 6.33 Å². The Morgan fingerprint density at radius 3 is 2.55 bits per heavy atom. The number of aromatic nitrogens is 4. The summed E-state index contributed by atoms with van der Waals surface area (Å²) in [5.41, 5.74) is 5.96. The second kappa shape index (κ2) is 5.34. The summed E-state index contributed by atoms with van der Waals surface area (Å²) in [5.74, 6) is -1.13. The number of carbonyl (C=O) groups excluding carboxylic acids is 2. The van der Waals surface area contributed by atoms with Gasteiger partial charge in [-0.1, -0.05) is 0 Å². The smallest absolute Gasteiger partial charge is 0.377 e. The average molecular weight is 277 g/mol. The molecule has 2 heterocycles. The normalized spacial score (nSPS) is 10.1. The molecular formula is C11H11N5O4. The molecular weight excluding hydrogens is 266 g/mol. The molecule has 0 aliphatic carbocycles. The third-order valence-corrected chi connectivity index (χ3v) is 2.42. The molecule has 0 saturated heterocycles. The van der Waals surface area contributed by atoms with Crippen molar-refractivity contribution in [3.8, 4) is 5.82 Å². The molecule has 0 bridgehead atoms. The fraction of sp³-hybridized carbons (Fsp3) is 0.182. The van der Waals surface area contributed by atoms with E-state index in [1.54, 1.807) is 0 Å². The number of anilines is 1. The summed E-state index contributed by atoms with van der Waals surface area (Å²) < 4.78 is 10.3. The van der Waals surface area contributed by atoms with E-state index in [-0.39, 0.29) is 22.9 Å². The van der Waals surface area contributed by atoms with Crippen molar-refractivity contribution in [3.63, 3.8) is 0 Å². The van der Waals surface area contributed by atoms with Crippen LogP contribution in [0.5, 0.6) is 0 Å². The van der Waals surface area contributed by atoms with E-state index in [1.165, 1.54) is 37.5 Å². The standard InChI is InChI=1S/C11H11N5O4/c1-19-10(17)6-3-8(13-4-7(6)12)16-5-14-9(15-16)11(18)20-2/h3-5H,12H2,1-2H3. The molecule has 0 fully saturated rings. The Labute approximate surface area is 113 Å². The number of pyridine rings is 1. The van der Waals surface area contributed by atoms with Crippen LogP contribution in [0, 0.1) is 0 Å². The number of ether oxygens (including phenoxy) is 2. The lowest BCUT2D eigenvalue weighted by Gasteiger charge is -2.05. The number of methoxy groups -OCH3 is 2. The van der Waals surface area contributed by atoms with Crippen LogP contribution in [0.1, 0.15) is 21.0 Å². The van der Waals surface area contributed by atoms with E-state index in [2.05, 4.69) is 24.5 Å². The van der Waals surface area contributed by atoms with Crippen molar-refractivity contribution in [1.29, 1.82) is 0 Å². The molecule has 2 rings (SSSR count). The zero-order chi connectivity index (χ0) is 14.7. The SMILES string of the molecule is COC(=O)c1ncn(-c2cc(C(=O)OC)c(N)cn2)n1. The number of nitrogens with zero attached hydrogens (tertiary/aromatic N) is 4. The maximum atomic E-state index is 11.5. The number of hydrogen-bond donors (Lipinski definition) is 1. The summed E-state index contributed by atoms with van der Waals surface area (Å²) in [6.07, 6.45) is 2.56. The fourth-order valence-electron chi connectivity index (χ4n) is 1.43. The van der Waals surface area contributed by atoms with Crippen molar-refractivity contribution in [1.82, 2.24) is 19.7 Å². The fourth-order valence-corrected chi connectivity index (χ4v) is 1.43. The van der Waals surface area contributed by atoms with Crippen molar-refractivity contribution in [2.24, 2.45) is 0 Å². The lowest BCUT2D eigenvalue weighted by Crippen LogP contribution is -2.09. The van der Waals surface area contributed by atoms with Crippen molar-refractivity contribution < 1.29 is 19.1 Å². The zero-order valence-corrected chi connectivity index (χ0v) is 10.7. The van der Waals surface area contributed by atoms with Crippen LogP contribution in [0.4, 0.5) is 5.69 Å². The van der Waals surface area contributed by atoms with Gasteiger partial charge in [-0.3, -0.25) is 0 Å². The van der Waals surface area contributed by atoms with Gasteiger partial charge in [-0.05, 0) is 6.07 Å². The predicted octanol–water partition coefficient (Wildman–Crippen LogP) is -0.182. The van der Waals surface area contributed by atoms with E-state index in [0.717, 1.165) is 0 Å². The molecule has 0 aliphatic rings. The molecule has 0 radical (unpaired) electrons. The Bertz CT molecular complexity index is 667. The van der Waals surface area contributed by atoms with E-state index in [4.69, 9.17) is 5.73 Å². The van der Waals surface area contributed by atoms with Crippen molar-refractivity contribution >= 4 is 17.6 Å². The quantitative estimate of drug-likeness (QED) is 0.766. The lowest BCUT2D eigenvalue weighted by molar-refractivity contribution is 0.0582. The van der Waals surface area contributed by atoms with Crippen LogP contribution in [-0.4, -0.2) is 45.9 Å². The molecule has 0 saturated carbocycles.